The minimum atomic E-state index is -2.12. The molecule has 1 rings (SSSR count). The van der Waals surface area contributed by atoms with Crippen molar-refractivity contribution >= 4 is 14.6 Å². The summed E-state index contributed by atoms with van der Waals surface area (Å²) in [6, 6.07) is 9.74. The highest BCUT2D eigenvalue weighted by Gasteiger charge is 2.44. The maximum absolute atomic E-state index is 11.8. The number of benzene rings is 1. The first-order valence-corrected chi connectivity index (χ1v) is 11.9. The summed E-state index contributed by atoms with van der Waals surface area (Å²) in [5.74, 6) is 0. The summed E-state index contributed by atoms with van der Waals surface area (Å²) < 4.78 is 12.0. The van der Waals surface area contributed by atoms with Gasteiger partial charge in [0.1, 0.15) is 6.29 Å². The van der Waals surface area contributed by atoms with Crippen LogP contribution in [0, 0.1) is 5.41 Å². The molecule has 0 unspecified atom stereocenters. The molecule has 0 radical (unpaired) electrons. The van der Waals surface area contributed by atoms with Crippen molar-refractivity contribution in [2.45, 2.75) is 64.6 Å². The number of aldehydes is 1. The van der Waals surface area contributed by atoms with Crippen LogP contribution in [-0.2, 0) is 20.6 Å². The Hall–Kier alpha value is -1.27. The lowest BCUT2D eigenvalue weighted by molar-refractivity contribution is -0.133. The Morgan fingerprint density at radius 2 is 1.77 bits per heavy atom. The highest BCUT2D eigenvalue weighted by molar-refractivity contribution is 6.74. The Labute approximate surface area is 159 Å². The second kappa shape index (κ2) is 9.09. The molecule has 0 saturated heterocycles. The van der Waals surface area contributed by atoms with E-state index in [0.717, 1.165) is 11.8 Å². The molecular formula is C21H34O4Si. The third-order valence-corrected chi connectivity index (χ3v) is 9.72. The topological polar surface area (TPSA) is 55.8 Å². The monoisotopic (exact) mass is 378 g/mol. The SMILES string of the molecule is C=C[C@H](O[Si](C)(C)C(C)(C)C)[C@@H](O)[C@](C)(C=O)COCc1ccccc1. The molecule has 0 fully saturated rings. The summed E-state index contributed by atoms with van der Waals surface area (Å²) in [6.45, 7) is 16.6. The molecule has 0 aliphatic heterocycles. The zero-order valence-corrected chi connectivity index (χ0v) is 18.0. The first-order chi connectivity index (χ1) is 12.0. The van der Waals surface area contributed by atoms with Gasteiger partial charge in [-0.25, -0.2) is 0 Å². The third-order valence-electron chi connectivity index (χ3n) is 5.25. The Balaban J connectivity index is 2.81. The smallest absolute Gasteiger partial charge is 0.193 e. The number of ether oxygens (including phenoxy) is 1. The van der Waals surface area contributed by atoms with Gasteiger partial charge in [-0.3, -0.25) is 0 Å². The van der Waals surface area contributed by atoms with E-state index >= 15 is 0 Å². The van der Waals surface area contributed by atoms with Crippen LogP contribution in [0.25, 0.3) is 0 Å². The zero-order chi connectivity index (χ0) is 20.0. The van der Waals surface area contributed by atoms with Crippen LogP contribution >= 0.6 is 0 Å². The van der Waals surface area contributed by atoms with Crippen LogP contribution < -0.4 is 0 Å². The lowest BCUT2D eigenvalue weighted by Gasteiger charge is -2.42. The van der Waals surface area contributed by atoms with Crippen LogP contribution in [0.1, 0.15) is 33.3 Å². The van der Waals surface area contributed by atoms with Crippen molar-refractivity contribution in [1.82, 2.24) is 0 Å². The number of carbonyl (C=O) groups excluding carboxylic acids is 1. The van der Waals surface area contributed by atoms with E-state index in [-0.39, 0.29) is 11.6 Å². The predicted octanol–water partition coefficient (Wildman–Crippen LogP) is 4.35. The molecule has 0 heterocycles. The van der Waals surface area contributed by atoms with Gasteiger partial charge in [0.05, 0.1) is 30.8 Å². The fourth-order valence-corrected chi connectivity index (χ4v) is 3.54. The van der Waals surface area contributed by atoms with Gasteiger partial charge in [-0.1, -0.05) is 57.2 Å². The minimum absolute atomic E-state index is 0.00459. The van der Waals surface area contributed by atoms with Gasteiger partial charge in [0.25, 0.3) is 0 Å². The summed E-state index contributed by atoms with van der Waals surface area (Å²) in [5.41, 5.74) is -0.0521. The van der Waals surface area contributed by atoms with E-state index in [2.05, 4.69) is 40.4 Å². The van der Waals surface area contributed by atoms with Gasteiger partial charge in [-0.05, 0) is 30.6 Å². The van der Waals surface area contributed by atoms with Crippen molar-refractivity contribution in [3.8, 4) is 0 Å². The number of aliphatic hydroxyl groups is 1. The van der Waals surface area contributed by atoms with Crippen molar-refractivity contribution in [2.75, 3.05) is 6.61 Å². The fourth-order valence-electron chi connectivity index (χ4n) is 2.29. The van der Waals surface area contributed by atoms with E-state index in [0.29, 0.717) is 6.61 Å². The minimum Gasteiger partial charge on any atom is -0.408 e. The molecule has 0 aliphatic rings. The molecule has 0 aromatic heterocycles. The number of rotatable bonds is 10. The summed E-state index contributed by atoms with van der Waals surface area (Å²) in [5, 5.41) is 10.9. The first kappa shape index (κ1) is 22.8. The van der Waals surface area contributed by atoms with E-state index in [4.69, 9.17) is 9.16 Å². The molecule has 0 aliphatic carbocycles. The van der Waals surface area contributed by atoms with Crippen LogP contribution in [0.4, 0.5) is 0 Å². The van der Waals surface area contributed by atoms with Crippen molar-refractivity contribution in [1.29, 1.82) is 0 Å². The second-order valence-electron chi connectivity index (χ2n) is 8.63. The van der Waals surface area contributed by atoms with E-state index in [1.54, 1.807) is 13.0 Å². The third kappa shape index (κ3) is 5.88. The Kier molecular flexibility index (Phi) is 7.96. The standard InChI is InChI=1S/C21H34O4Si/c1-8-18(25-26(6,7)20(2,3)4)19(23)21(5,15-22)16-24-14-17-12-10-9-11-13-17/h8-13,15,18-19,23H,1,14,16H2,2-7H3/t18-,19+,21+/m0/s1. The lowest BCUT2D eigenvalue weighted by atomic mass is 9.83. The van der Waals surface area contributed by atoms with Gasteiger partial charge in [-0.2, -0.15) is 0 Å². The molecule has 1 aromatic carbocycles. The fraction of sp³-hybridized carbons (Fsp3) is 0.571. The van der Waals surface area contributed by atoms with Crippen LogP contribution in [0.2, 0.25) is 18.1 Å². The maximum atomic E-state index is 11.8. The van der Waals surface area contributed by atoms with Gasteiger partial charge in [0.15, 0.2) is 8.32 Å². The Morgan fingerprint density at radius 1 is 1.19 bits per heavy atom. The Bertz CT molecular complexity index is 579. The molecule has 146 valence electrons. The van der Waals surface area contributed by atoms with Crippen LogP contribution in [0.3, 0.4) is 0 Å². The maximum Gasteiger partial charge on any atom is 0.193 e. The second-order valence-corrected chi connectivity index (χ2v) is 13.4. The van der Waals surface area contributed by atoms with Gasteiger partial charge in [0, 0.05) is 0 Å². The summed E-state index contributed by atoms with van der Waals surface area (Å²) >= 11 is 0. The molecule has 1 N–H and O–H groups in total. The summed E-state index contributed by atoms with van der Waals surface area (Å²) in [7, 11) is -2.12. The largest absolute Gasteiger partial charge is 0.408 e. The van der Waals surface area contributed by atoms with Gasteiger partial charge in [0.2, 0.25) is 0 Å². The number of aliphatic hydroxyl groups excluding tert-OH is 1. The molecule has 5 heteroatoms. The molecule has 26 heavy (non-hydrogen) atoms. The van der Waals surface area contributed by atoms with Crippen molar-refractivity contribution in [3.63, 3.8) is 0 Å². The average molecular weight is 379 g/mol. The van der Waals surface area contributed by atoms with E-state index in [1.165, 1.54) is 0 Å². The van der Waals surface area contributed by atoms with Crippen molar-refractivity contribution < 1.29 is 19.1 Å². The number of carbonyl (C=O) groups is 1. The Morgan fingerprint density at radius 3 is 2.23 bits per heavy atom. The molecule has 4 nitrogen and oxygen atoms in total. The van der Waals surface area contributed by atoms with E-state index in [1.807, 2.05) is 30.3 Å². The molecular weight excluding hydrogens is 344 g/mol. The van der Waals surface area contributed by atoms with Crippen LogP contribution in [0.15, 0.2) is 43.0 Å². The number of hydrogen-bond donors (Lipinski definition) is 1. The highest BCUT2D eigenvalue weighted by Crippen LogP contribution is 2.38. The number of hydrogen-bond acceptors (Lipinski definition) is 4. The normalized spacial score (nSPS) is 17.2. The van der Waals surface area contributed by atoms with Gasteiger partial charge < -0.3 is 19.1 Å². The predicted molar refractivity (Wildman–Crippen MR) is 109 cm³/mol. The van der Waals surface area contributed by atoms with Gasteiger partial charge in [-0.15, -0.1) is 6.58 Å². The molecule has 0 spiro atoms. The molecule has 1 aromatic rings. The van der Waals surface area contributed by atoms with Crippen molar-refractivity contribution in [3.05, 3.63) is 48.6 Å². The highest BCUT2D eigenvalue weighted by atomic mass is 28.4. The van der Waals surface area contributed by atoms with E-state index < -0.39 is 25.9 Å². The lowest BCUT2D eigenvalue weighted by Crippen LogP contribution is -2.52. The molecule has 3 atom stereocenters. The zero-order valence-electron chi connectivity index (χ0n) is 17.0. The van der Waals surface area contributed by atoms with Crippen LogP contribution in [0.5, 0.6) is 0 Å². The van der Waals surface area contributed by atoms with E-state index in [9.17, 15) is 9.90 Å². The van der Waals surface area contributed by atoms with Crippen molar-refractivity contribution in [2.24, 2.45) is 5.41 Å². The quantitative estimate of drug-likeness (QED) is 0.374. The molecule has 0 bridgehead atoms. The van der Waals surface area contributed by atoms with Crippen LogP contribution in [-0.4, -0.2) is 38.5 Å². The first-order valence-electron chi connectivity index (χ1n) is 9.03. The van der Waals surface area contributed by atoms with Gasteiger partial charge >= 0.3 is 0 Å². The summed E-state index contributed by atoms with van der Waals surface area (Å²) in [4.78, 5) is 11.8. The molecule has 0 amide bonds. The average Bonchev–Trinajstić information content (AvgIpc) is 2.58. The molecule has 0 saturated carbocycles. The summed E-state index contributed by atoms with van der Waals surface area (Å²) in [6.07, 6.45) is 0.701.